The summed E-state index contributed by atoms with van der Waals surface area (Å²) in [6.07, 6.45) is 1.62. The van der Waals surface area contributed by atoms with Crippen molar-refractivity contribution >= 4 is 23.4 Å². The van der Waals surface area contributed by atoms with Gasteiger partial charge < -0.3 is 9.64 Å². The number of fused-ring (bicyclic) bond motifs is 1. The maximum atomic E-state index is 13.4. The van der Waals surface area contributed by atoms with E-state index in [0.29, 0.717) is 30.2 Å². The Hall–Kier alpha value is -4.00. The highest BCUT2D eigenvalue weighted by Gasteiger charge is 2.38. The number of anilines is 1. The van der Waals surface area contributed by atoms with Crippen molar-refractivity contribution < 1.29 is 23.5 Å². The summed E-state index contributed by atoms with van der Waals surface area (Å²) >= 11 is 0. The molecule has 1 fully saturated rings. The first-order valence-corrected chi connectivity index (χ1v) is 11.3. The first-order valence-electron chi connectivity index (χ1n) is 11.3. The zero-order valence-electron chi connectivity index (χ0n) is 18.7. The number of ether oxygens (including phenoxy) is 1. The van der Waals surface area contributed by atoms with Gasteiger partial charge in [-0.25, -0.2) is 9.29 Å². The Kier molecular flexibility index (Phi) is 5.61. The molecule has 2 aliphatic rings. The minimum absolute atomic E-state index is 0.154. The topological polar surface area (TPSA) is 66.9 Å². The predicted molar refractivity (Wildman–Crippen MR) is 125 cm³/mol. The van der Waals surface area contributed by atoms with Crippen LogP contribution in [-0.2, 0) is 0 Å². The molecule has 172 valence electrons. The van der Waals surface area contributed by atoms with Gasteiger partial charge in [-0.15, -0.1) is 0 Å². The van der Waals surface area contributed by atoms with E-state index in [9.17, 15) is 18.8 Å². The largest absolute Gasteiger partial charge is 0.494 e. The number of hydrogen-bond acceptors (Lipinski definition) is 4. The van der Waals surface area contributed by atoms with Crippen LogP contribution in [0.15, 0.2) is 66.7 Å². The molecule has 0 spiro atoms. The summed E-state index contributed by atoms with van der Waals surface area (Å²) in [6.45, 7) is 2.96. The molecule has 0 bridgehead atoms. The van der Waals surface area contributed by atoms with Gasteiger partial charge in [-0.3, -0.25) is 14.4 Å². The number of benzene rings is 3. The van der Waals surface area contributed by atoms with Crippen molar-refractivity contribution in [3.63, 3.8) is 0 Å². The molecule has 0 radical (unpaired) electrons. The fraction of sp³-hybridized carbons (Fsp3) is 0.222. The lowest BCUT2D eigenvalue weighted by atomic mass is 10.0. The SMILES string of the molecule is CCOc1ccc(N2C(=O)c3ccc(C(=O)N4CCCC4c4ccc(F)cc4)cc3C2=O)cc1. The van der Waals surface area contributed by atoms with Gasteiger partial charge >= 0.3 is 0 Å². The number of likely N-dealkylation sites (tertiary alicyclic amines) is 1. The molecule has 5 rings (SSSR count). The molecule has 6 nitrogen and oxygen atoms in total. The molecular formula is C27H23FN2O4. The molecule has 1 atom stereocenters. The van der Waals surface area contributed by atoms with Crippen molar-refractivity contribution in [3.05, 3.63) is 94.8 Å². The van der Waals surface area contributed by atoms with E-state index in [0.717, 1.165) is 23.3 Å². The van der Waals surface area contributed by atoms with Crippen LogP contribution in [0.4, 0.5) is 10.1 Å². The van der Waals surface area contributed by atoms with Crippen LogP contribution in [-0.4, -0.2) is 35.8 Å². The number of carbonyl (C=O) groups is 3. The summed E-state index contributed by atoms with van der Waals surface area (Å²) in [4.78, 5) is 42.3. The van der Waals surface area contributed by atoms with E-state index < -0.39 is 11.8 Å². The van der Waals surface area contributed by atoms with Crippen molar-refractivity contribution in [1.82, 2.24) is 4.90 Å². The normalized spacial score (nSPS) is 17.3. The van der Waals surface area contributed by atoms with Crippen LogP contribution in [0, 0.1) is 5.82 Å². The van der Waals surface area contributed by atoms with Crippen molar-refractivity contribution in [2.24, 2.45) is 0 Å². The Labute approximate surface area is 196 Å². The second-order valence-corrected chi connectivity index (χ2v) is 8.34. The van der Waals surface area contributed by atoms with Crippen molar-refractivity contribution in [2.45, 2.75) is 25.8 Å². The number of carbonyl (C=O) groups excluding carboxylic acids is 3. The van der Waals surface area contributed by atoms with Gasteiger partial charge in [0.15, 0.2) is 0 Å². The summed E-state index contributed by atoms with van der Waals surface area (Å²) in [5, 5.41) is 0. The number of halogens is 1. The van der Waals surface area contributed by atoms with Crippen LogP contribution in [0.3, 0.4) is 0 Å². The number of imide groups is 1. The molecule has 0 aliphatic carbocycles. The Balaban J connectivity index is 1.41. The molecule has 3 aromatic carbocycles. The number of rotatable bonds is 5. The van der Waals surface area contributed by atoms with Gasteiger partial charge in [-0.05, 0) is 79.9 Å². The molecular weight excluding hydrogens is 435 g/mol. The Morgan fingerprint density at radius 3 is 2.38 bits per heavy atom. The molecule has 1 unspecified atom stereocenters. The molecule has 7 heteroatoms. The summed E-state index contributed by atoms with van der Waals surface area (Å²) in [5.41, 5.74) is 2.15. The maximum Gasteiger partial charge on any atom is 0.266 e. The highest BCUT2D eigenvalue weighted by Crippen LogP contribution is 2.35. The lowest BCUT2D eigenvalue weighted by Gasteiger charge is -2.25. The highest BCUT2D eigenvalue weighted by atomic mass is 19.1. The van der Waals surface area contributed by atoms with Gasteiger partial charge in [0.25, 0.3) is 17.7 Å². The van der Waals surface area contributed by atoms with E-state index in [1.54, 1.807) is 53.4 Å². The lowest BCUT2D eigenvalue weighted by molar-refractivity contribution is 0.0735. The summed E-state index contributed by atoms with van der Waals surface area (Å²) < 4.78 is 18.8. The molecule has 2 aliphatic heterocycles. The Morgan fingerprint density at radius 2 is 1.68 bits per heavy atom. The zero-order chi connectivity index (χ0) is 23.8. The second kappa shape index (κ2) is 8.74. The molecule has 34 heavy (non-hydrogen) atoms. The average molecular weight is 458 g/mol. The van der Waals surface area contributed by atoms with Gasteiger partial charge in [0, 0.05) is 12.1 Å². The van der Waals surface area contributed by atoms with E-state index in [1.165, 1.54) is 18.2 Å². The third kappa shape index (κ3) is 3.73. The molecule has 0 N–H and O–H groups in total. The first kappa shape index (κ1) is 21.8. The van der Waals surface area contributed by atoms with Crippen LogP contribution in [0.2, 0.25) is 0 Å². The van der Waals surface area contributed by atoms with E-state index >= 15 is 0 Å². The van der Waals surface area contributed by atoms with Gasteiger partial charge in [-0.2, -0.15) is 0 Å². The monoisotopic (exact) mass is 458 g/mol. The number of hydrogen-bond donors (Lipinski definition) is 0. The van der Waals surface area contributed by atoms with Crippen molar-refractivity contribution in [1.29, 1.82) is 0 Å². The average Bonchev–Trinajstić information content (AvgIpc) is 3.43. The molecule has 0 saturated carbocycles. The fourth-order valence-electron chi connectivity index (χ4n) is 4.67. The van der Waals surface area contributed by atoms with Gasteiger partial charge in [0.05, 0.1) is 29.5 Å². The Morgan fingerprint density at radius 1 is 0.971 bits per heavy atom. The summed E-state index contributed by atoms with van der Waals surface area (Å²) in [6, 6.07) is 17.4. The summed E-state index contributed by atoms with van der Waals surface area (Å²) in [7, 11) is 0. The van der Waals surface area contributed by atoms with Crippen molar-refractivity contribution in [2.75, 3.05) is 18.1 Å². The van der Waals surface area contributed by atoms with Crippen LogP contribution in [0.5, 0.6) is 5.75 Å². The highest BCUT2D eigenvalue weighted by molar-refractivity contribution is 6.34. The maximum absolute atomic E-state index is 13.4. The predicted octanol–water partition coefficient (Wildman–Crippen LogP) is 5.00. The van der Waals surface area contributed by atoms with E-state index in [-0.39, 0.29) is 28.9 Å². The van der Waals surface area contributed by atoms with Gasteiger partial charge in [0.2, 0.25) is 0 Å². The molecule has 3 aromatic rings. The third-order valence-electron chi connectivity index (χ3n) is 6.31. The smallest absolute Gasteiger partial charge is 0.266 e. The van der Waals surface area contributed by atoms with Crippen LogP contribution >= 0.6 is 0 Å². The van der Waals surface area contributed by atoms with Gasteiger partial charge in [-0.1, -0.05) is 12.1 Å². The van der Waals surface area contributed by atoms with Crippen LogP contribution in [0.25, 0.3) is 0 Å². The quantitative estimate of drug-likeness (QED) is 0.505. The summed E-state index contributed by atoms with van der Waals surface area (Å²) in [5.74, 6) is -0.770. The molecule has 2 heterocycles. The van der Waals surface area contributed by atoms with Gasteiger partial charge in [0.1, 0.15) is 11.6 Å². The zero-order valence-corrected chi connectivity index (χ0v) is 18.7. The minimum Gasteiger partial charge on any atom is -0.494 e. The van der Waals surface area contributed by atoms with E-state index in [1.807, 2.05) is 6.92 Å². The van der Waals surface area contributed by atoms with Crippen LogP contribution in [0.1, 0.15) is 62.4 Å². The third-order valence-corrected chi connectivity index (χ3v) is 6.31. The standard InChI is InChI=1S/C27H23FN2O4/c1-2-34-21-12-10-20(11-13-21)30-26(32)22-14-7-18(16-23(22)27(30)33)25(31)29-15-3-4-24(29)17-5-8-19(28)9-6-17/h5-14,16,24H,2-4,15H2,1H3. The molecule has 1 saturated heterocycles. The van der Waals surface area contributed by atoms with E-state index in [2.05, 4.69) is 0 Å². The fourth-order valence-corrected chi connectivity index (χ4v) is 4.67. The van der Waals surface area contributed by atoms with E-state index in [4.69, 9.17) is 4.74 Å². The molecule has 0 aromatic heterocycles. The number of nitrogens with zero attached hydrogens (tertiary/aromatic N) is 2. The molecule has 3 amide bonds. The number of amides is 3. The second-order valence-electron chi connectivity index (χ2n) is 8.34. The van der Waals surface area contributed by atoms with Crippen LogP contribution < -0.4 is 9.64 Å². The Bertz CT molecular complexity index is 1270. The van der Waals surface area contributed by atoms with Crippen molar-refractivity contribution in [3.8, 4) is 5.75 Å². The lowest BCUT2D eigenvalue weighted by Crippen LogP contribution is -2.30. The first-order chi connectivity index (χ1) is 16.5. The minimum atomic E-state index is -0.463.